The van der Waals surface area contributed by atoms with Crippen molar-refractivity contribution in [2.24, 2.45) is 0 Å². The zero-order valence-electron chi connectivity index (χ0n) is 15.3. The van der Waals surface area contributed by atoms with Crippen LogP contribution in [-0.4, -0.2) is 12.7 Å². The highest BCUT2D eigenvalue weighted by atomic mass is 19.4. The molecule has 2 aromatic carbocycles. The molecule has 0 heterocycles. The average Bonchev–Trinajstić information content (AvgIpc) is 2.66. The molecule has 0 bridgehead atoms. The Morgan fingerprint density at radius 1 is 0.926 bits per heavy atom. The number of unbranched alkanes of at least 4 members (excludes halogenated alkanes) is 3. The lowest BCUT2D eigenvalue weighted by atomic mass is 10.0. The third-order valence-electron chi connectivity index (χ3n) is 4.11. The quantitative estimate of drug-likeness (QED) is 0.514. The highest BCUT2D eigenvalue weighted by Crippen LogP contribution is 2.31. The van der Waals surface area contributed by atoms with Crippen molar-refractivity contribution in [3.63, 3.8) is 0 Å². The van der Waals surface area contributed by atoms with Crippen molar-refractivity contribution in [2.75, 3.05) is 6.61 Å². The summed E-state index contributed by atoms with van der Waals surface area (Å²) in [5.41, 5.74) is 1.65. The van der Waals surface area contributed by atoms with E-state index in [0.29, 0.717) is 12.2 Å². The molecule has 0 fully saturated rings. The predicted molar refractivity (Wildman–Crippen MR) is 98.2 cm³/mol. The molecule has 0 spiro atoms. The monoisotopic (exact) mass is 378 g/mol. The number of halogens is 3. The number of carbonyl (C=O) groups is 1. The van der Waals surface area contributed by atoms with Gasteiger partial charge in [0.1, 0.15) is 0 Å². The third-order valence-corrected chi connectivity index (χ3v) is 4.11. The first-order chi connectivity index (χ1) is 12.9. The number of hydrogen-bond acceptors (Lipinski definition) is 2. The van der Waals surface area contributed by atoms with E-state index in [2.05, 4.69) is 12.2 Å². The Hall–Kier alpha value is -2.50. The van der Waals surface area contributed by atoms with E-state index in [4.69, 9.17) is 4.74 Å². The highest BCUT2D eigenvalue weighted by molar-refractivity contribution is 5.67. The number of ether oxygens (including phenoxy) is 1. The lowest BCUT2D eigenvalue weighted by molar-refractivity contribution is -0.137. The largest absolute Gasteiger partial charge is 0.448 e. The maximum atomic E-state index is 12.6. The van der Waals surface area contributed by atoms with Gasteiger partial charge in [-0.3, -0.25) is 0 Å². The first-order valence-corrected chi connectivity index (χ1v) is 9.01. The minimum absolute atomic E-state index is 0.209. The number of amides is 1. The van der Waals surface area contributed by atoms with E-state index < -0.39 is 17.8 Å². The fourth-order valence-electron chi connectivity index (χ4n) is 2.54. The predicted octanol–water partition coefficient (Wildman–Crippen LogP) is 6.19. The fraction of sp³-hybridized carbons (Fsp3) is 0.381. The molecular formula is C21H23F3NO2. The molecule has 0 unspecified atom stereocenters. The van der Waals surface area contributed by atoms with Crippen LogP contribution in [-0.2, 0) is 17.5 Å². The van der Waals surface area contributed by atoms with Crippen molar-refractivity contribution >= 4 is 6.09 Å². The summed E-state index contributed by atoms with van der Waals surface area (Å²) in [5, 5.41) is 3.87. The molecule has 1 radical (unpaired) electrons. The zero-order valence-corrected chi connectivity index (χ0v) is 15.3. The third kappa shape index (κ3) is 6.96. The van der Waals surface area contributed by atoms with Gasteiger partial charge in [0.25, 0.3) is 0 Å². The van der Waals surface area contributed by atoms with Crippen molar-refractivity contribution in [2.45, 2.75) is 45.3 Å². The topological polar surface area (TPSA) is 40.4 Å². The van der Waals surface area contributed by atoms with Gasteiger partial charge in [-0.15, -0.1) is 0 Å². The number of alkyl halides is 3. The SMILES string of the molecule is CCCCCCOC(=O)[N]Cc1ccc(-c2ccc(C(F)(F)F)cc2)cc1. The summed E-state index contributed by atoms with van der Waals surface area (Å²) in [6, 6.07) is 12.2. The number of carbonyl (C=O) groups excluding carboxylic acids is 1. The Labute approximate surface area is 157 Å². The van der Waals surface area contributed by atoms with Crippen molar-refractivity contribution in [3.8, 4) is 11.1 Å². The van der Waals surface area contributed by atoms with Crippen LogP contribution in [0, 0.1) is 0 Å². The van der Waals surface area contributed by atoms with Gasteiger partial charge in [0, 0.05) is 0 Å². The van der Waals surface area contributed by atoms with E-state index in [9.17, 15) is 18.0 Å². The lowest BCUT2D eigenvalue weighted by Crippen LogP contribution is -2.17. The standard InChI is InChI=1S/C21H23F3NO2/c1-2-3-4-5-14-27-20(26)25-15-16-6-8-17(9-7-16)18-10-12-19(13-11-18)21(22,23)24/h6-13H,2-5,14-15H2,1H3. The summed E-state index contributed by atoms with van der Waals surface area (Å²) in [6.45, 7) is 2.71. The molecule has 6 heteroatoms. The molecule has 145 valence electrons. The Kier molecular flexibility index (Phi) is 7.70. The molecule has 0 aliphatic carbocycles. The molecule has 0 aromatic heterocycles. The maximum absolute atomic E-state index is 12.6. The van der Waals surface area contributed by atoms with Gasteiger partial charge in [-0.05, 0) is 35.2 Å². The van der Waals surface area contributed by atoms with Crippen molar-refractivity contribution in [3.05, 3.63) is 59.7 Å². The molecule has 0 atom stereocenters. The van der Waals surface area contributed by atoms with Crippen LogP contribution in [0.2, 0.25) is 0 Å². The molecule has 3 nitrogen and oxygen atoms in total. The molecule has 0 aliphatic rings. The molecule has 2 aromatic rings. The van der Waals surface area contributed by atoms with Crippen LogP contribution < -0.4 is 5.32 Å². The number of nitrogens with zero attached hydrogens (tertiary/aromatic N) is 1. The van der Waals surface area contributed by atoms with E-state index in [1.54, 1.807) is 24.3 Å². The zero-order chi connectivity index (χ0) is 19.7. The van der Waals surface area contributed by atoms with E-state index in [0.717, 1.165) is 48.9 Å². The van der Waals surface area contributed by atoms with Gasteiger partial charge in [-0.25, -0.2) is 10.1 Å². The Bertz CT molecular complexity index is 710. The summed E-state index contributed by atoms with van der Waals surface area (Å²) in [7, 11) is 0. The summed E-state index contributed by atoms with van der Waals surface area (Å²) < 4.78 is 42.9. The molecule has 0 saturated heterocycles. The van der Waals surface area contributed by atoms with Crippen LogP contribution in [0.15, 0.2) is 48.5 Å². The first kappa shape index (κ1) is 20.8. The van der Waals surface area contributed by atoms with Crippen LogP contribution in [0.5, 0.6) is 0 Å². The van der Waals surface area contributed by atoms with E-state index >= 15 is 0 Å². The molecule has 0 aliphatic heterocycles. The van der Waals surface area contributed by atoms with Crippen molar-refractivity contribution in [1.82, 2.24) is 5.32 Å². The summed E-state index contributed by atoms with van der Waals surface area (Å²) in [6.07, 6.45) is -0.778. The van der Waals surface area contributed by atoms with Crippen LogP contribution in [0.1, 0.15) is 43.7 Å². The number of benzene rings is 2. The molecule has 1 amide bonds. The average molecular weight is 378 g/mol. The second-order valence-electron chi connectivity index (χ2n) is 6.26. The second-order valence-corrected chi connectivity index (χ2v) is 6.26. The first-order valence-electron chi connectivity index (χ1n) is 9.01. The molecular weight excluding hydrogens is 355 g/mol. The minimum Gasteiger partial charge on any atom is -0.448 e. The molecule has 0 saturated carbocycles. The van der Waals surface area contributed by atoms with Crippen LogP contribution in [0.4, 0.5) is 18.0 Å². The number of hydrogen-bond donors (Lipinski definition) is 0. The smallest absolute Gasteiger partial charge is 0.429 e. The van der Waals surface area contributed by atoms with Crippen molar-refractivity contribution in [1.29, 1.82) is 0 Å². The normalized spacial score (nSPS) is 11.3. The van der Waals surface area contributed by atoms with Gasteiger partial charge in [-0.1, -0.05) is 62.6 Å². The summed E-state index contributed by atoms with van der Waals surface area (Å²) in [4.78, 5) is 11.6. The second kappa shape index (κ2) is 10.00. The Morgan fingerprint density at radius 3 is 2.07 bits per heavy atom. The van der Waals surface area contributed by atoms with Gasteiger partial charge in [0.05, 0.1) is 18.7 Å². The highest BCUT2D eigenvalue weighted by Gasteiger charge is 2.29. The Morgan fingerprint density at radius 2 is 1.52 bits per heavy atom. The molecule has 27 heavy (non-hydrogen) atoms. The van der Waals surface area contributed by atoms with E-state index in [1.807, 2.05) is 0 Å². The van der Waals surface area contributed by atoms with Crippen LogP contribution >= 0.6 is 0 Å². The fourth-order valence-corrected chi connectivity index (χ4v) is 2.54. The van der Waals surface area contributed by atoms with Gasteiger partial charge < -0.3 is 4.74 Å². The van der Waals surface area contributed by atoms with E-state index in [1.165, 1.54) is 12.1 Å². The van der Waals surface area contributed by atoms with Crippen molar-refractivity contribution < 1.29 is 22.7 Å². The summed E-state index contributed by atoms with van der Waals surface area (Å²) >= 11 is 0. The van der Waals surface area contributed by atoms with E-state index in [-0.39, 0.29) is 6.54 Å². The maximum Gasteiger partial charge on any atom is 0.429 e. The van der Waals surface area contributed by atoms with Gasteiger partial charge in [0.15, 0.2) is 0 Å². The lowest BCUT2D eigenvalue weighted by Gasteiger charge is -2.08. The van der Waals surface area contributed by atoms with Gasteiger partial charge >= 0.3 is 12.3 Å². The summed E-state index contributed by atoms with van der Waals surface area (Å²) in [5.74, 6) is 0. The minimum atomic E-state index is -4.34. The van der Waals surface area contributed by atoms with Gasteiger partial charge in [-0.2, -0.15) is 13.2 Å². The van der Waals surface area contributed by atoms with Crippen LogP contribution in [0.25, 0.3) is 11.1 Å². The Balaban J connectivity index is 1.82. The molecule has 2 rings (SSSR count). The molecule has 0 N–H and O–H groups in total. The van der Waals surface area contributed by atoms with Crippen LogP contribution in [0.3, 0.4) is 0 Å². The van der Waals surface area contributed by atoms with Gasteiger partial charge in [0.2, 0.25) is 0 Å². The number of rotatable bonds is 8.